The molecule has 1 aromatic heterocycles. The van der Waals surface area contributed by atoms with Gasteiger partial charge in [-0.25, -0.2) is 4.79 Å². The van der Waals surface area contributed by atoms with E-state index in [4.69, 9.17) is 9.47 Å². The number of carbonyl (C=O) groups is 1. The molecule has 1 aliphatic rings. The molecule has 6 heteroatoms. The lowest BCUT2D eigenvalue weighted by Crippen LogP contribution is -2.20. The summed E-state index contributed by atoms with van der Waals surface area (Å²) in [5.74, 6) is 0.606. The highest BCUT2D eigenvalue weighted by Crippen LogP contribution is 2.17. The van der Waals surface area contributed by atoms with Gasteiger partial charge < -0.3 is 9.47 Å². The van der Waals surface area contributed by atoms with Crippen LogP contribution in [0.4, 0.5) is 10.5 Å². The minimum atomic E-state index is -0.442. The maximum absolute atomic E-state index is 11.2. The number of carbonyl (C=O) groups excluding carboxylic acids is 1. The van der Waals surface area contributed by atoms with E-state index in [0.717, 1.165) is 32.6 Å². The Morgan fingerprint density at radius 1 is 1.61 bits per heavy atom. The van der Waals surface area contributed by atoms with Gasteiger partial charge in [0.1, 0.15) is 0 Å². The predicted molar refractivity (Wildman–Crippen MR) is 66.4 cm³/mol. The lowest BCUT2D eigenvalue weighted by molar-refractivity contribution is 0.0601. The van der Waals surface area contributed by atoms with E-state index in [9.17, 15) is 4.79 Å². The molecule has 0 spiro atoms. The lowest BCUT2D eigenvalue weighted by atomic mass is 10.0. The summed E-state index contributed by atoms with van der Waals surface area (Å²) in [6.07, 6.45) is 5.16. The molecule has 0 aromatic carbocycles. The van der Waals surface area contributed by atoms with Crippen LogP contribution in [0.5, 0.6) is 0 Å². The van der Waals surface area contributed by atoms with Gasteiger partial charge in [-0.15, -0.1) is 0 Å². The number of rotatable bonds is 4. The summed E-state index contributed by atoms with van der Waals surface area (Å²) in [5.41, 5.74) is 0.667. The Morgan fingerprint density at radius 2 is 2.39 bits per heavy atom. The van der Waals surface area contributed by atoms with Crippen molar-refractivity contribution in [3.8, 4) is 0 Å². The minimum absolute atomic E-state index is 0.363. The van der Waals surface area contributed by atoms with Gasteiger partial charge in [0.2, 0.25) is 0 Å². The third-order valence-electron chi connectivity index (χ3n) is 2.94. The van der Waals surface area contributed by atoms with E-state index in [0.29, 0.717) is 18.2 Å². The number of hydrogen-bond donors (Lipinski definition) is 1. The molecular formula is C12H19N3O3. The second-order valence-electron chi connectivity index (χ2n) is 4.35. The molecular weight excluding hydrogens is 234 g/mol. The van der Waals surface area contributed by atoms with Gasteiger partial charge in [0, 0.05) is 26.0 Å². The van der Waals surface area contributed by atoms with Crippen LogP contribution in [-0.4, -0.2) is 35.7 Å². The molecule has 0 atom stereocenters. The van der Waals surface area contributed by atoms with E-state index in [2.05, 4.69) is 10.4 Å². The number of amides is 1. The topological polar surface area (TPSA) is 65.4 Å². The van der Waals surface area contributed by atoms with Crippen molar-refractivity contribution in [2.45, 2.75) is 26.3 Å². The van der Waals surface area contributed by atoms with Crippen LogP contribution in [0.25, 0.3) is 0 Å². The number of hydrogen-bond acceptors (Lipinski definition) is 4. The Bertz CT molecular complexity index is 386. The van der Waals surface area contributed by atoms with E-state index in [1.165, 1.54) is 0 Å². The van der Waals surface area contributed by atoms with Gasteiger partial charge >= 0.3 is 6.09 Å². The number of nitrogens with one attached hydrogen (secondary N) is 1. The first kappa shape index (κ1) is 12.9. The largest absolute Gasteiger partial charge is 0.450 e. The molecule has 0 unspecified atom stereocenters. The van der Waals surface area contributed by atoms with E-state index >= 15 is 0 Å². The van der Waals surface area contributed by atoms with E-state index in [1.807, 2.05) is 10.9 Å². The Kier molecular flexibility index (Phi) is 4.58. The van der Waals surface area contributed by atoms with E-state index < -0.39 is 6.09 Å². The molecule has 2 heterocycles. The highest BCUT2D eigenvalue weighted by atomic mass is 16.5. The van der Waals surface area contributed by atoms with Crippen molar-refractivity contribution >= 4 is 11.8 Å². The van der Waals surface area contributed by atoms with Crippen molar-refractivity contribution in [3.05, 3.63) is 12.4 Å². The average Bonchev–Trinajstić information content (AvgIpc) is 2.78. The number of aromatic nitrogens is 2. The quantitative estimate of drug-likeness (QED) is 0.889. The maximum Gasteiger partial charge on any atom is 0.411 e. The van der Waals surface area contributed by atoms with Crippen molar-refractivity contribution in [1.29, 1.82) is 0 Å². The molecule has 0 aliphatic carbocycles. The highest BCUT2D eigenvalue weighted by Gasteiger charge is 2.15. The van der Waals surface area contributed by atoms with Crippen LogP contribution in [-0.2, 0) is 16.0 Å². The Labute approximate surface area is 106 Å². The fourth-order valence-electron chi connectivity index (χ4n) is 2.01. The van der Waals surface area contributed by atoms with Crippen molar-refractivity contribution in [2.24, 2.45) is 5.92 Å². The summed E-state index contributed by atoms with van der Waals surface area (Å²) in [6.45, 7) is 4.67. The van der Waals surface area contributed by atoms with Gasteiger partial charge in [-0.3, -0.25) is 10.00 Å². The SMILES string of the molecule is CCOC(=O)Nc1cnn(CC2CCOCC2)c1. The molecule has 100 valence electrons. The van der Waals surface area contributed by atoms with Gasteiger partial charge in [0.05, 0.1) is 18.5 Å². The second-order valence-corrected chi connectivity index (χ2v) is 4.35. The normalized spacial score (nSPS) is 16.5. The molecule has 1 fully saturated rings. The lowest BCUT2D eigenvalue weighted by Gasteiger charge is -2.21. The highest BCUT2D eigenvalue weighted by molar-refractivity contribution is 5.84. The van der Waals surface area contributed by atoms with Crippen molar-refractivity contribution in [3.63, 3.8) is 0 Å². The van der Waals surface area contributed by atoms with E-state index in [1.54, 1.807) is 13.1 Å². The van der Waals surface area contributed by atoms with Crippen molar-refractivity contribution in [1.82, 2.24) is 9.78 Å². The Balaban J connectivity index is 1.83. The molecule has 0 bridgehead atoms. The summed E-state index contributed by atoms with van der Waals surface area (Å²) in [7, 11) is 0. The molecule has 6 nitrogen and oxygen atoms in total. The minimum Gasteiger partial charge on any atom is -0.450 e. The average molecular weight is 253 g/mol. The number of anilines is 1. The predicted octanol–water partition coefficient (Wildman–Crippen LogP) is 1.88. The first-order valence-corrected chi connectivity index (χ1v) is 6.32. The third-order valence-corrected chi connectivity index (χ3v) is 2.94. The zero-order chi connectivity index (χ0) is 12.8. The van der Waals surface area contributed by atoms with Crippen LogP contribution in [0, 0.1) is 5.92 Å². The van der Waals surface area contributed by atoms with Crippen molar-refractivity contribution in [2.75, 3.05) is 25.1 Å². The number of ether oxygens (including phenoxy) is 2. The molecule has 1 N–H and O–H groups in total. The van der Waals surface area contributed by atoms with Crippen LogP contribution in [0.15, 0.2) is 12.4 Å². The van der Waals surface area contributed by atoms with E-state index in [-0.39, 0.29) is 0 Å². The molecule has 0 radical (unpaired) electrons. The van der Waals surface area contributed by atoms with Crippen LogP contribution in [0.1, 0.15) is 19.8 Å². The smallest absolute Gasteiger partial charge is 0.411 e. The third kappa shape index (κ3) is 3.73. The van der Waals surface area contributed by atoms with Gasteiger partial charge in [-0.05, 0) is 25.7 Å². The standard InChI is InChI=1S/C12H19N3O3/c1-2-18-12(16)14-11-7-13-15(9-11)8-10-3-5-17-6-4-10/h7,9-10H,2-6,8H2,1H3,(H,14,16). The number of nitrogens with zero attached hydrogens (tertiary/aromatic N) is 2. The summed E-state index contributed by atoms with van der Waals surface area (Å²) in [5, 5.41) is 6.86. The monoisotopic (exact) mass is 253 g/mol. The molecule has 18 heavy (non-hydrogen) atoms. The molecule has 1 aliphatic heterocycles. The van der Waals surface area contributed by atoms with Gasteiger partial charge in [0.25, 0.3) is 0 Å². The van der Waals surface area contributed by atoms with Crippen molar-refractivity contribution < 1.29 is 14.3 Å². The Morgan fingerprint density at radius 3 is 3.11 bits per heavy atom. The van der Waals surface area contributed by atoms with Crippen LogP contribution >= 0.6 is 0 Å². The fourth-order valence-corrected chi connectivity index (χ4v) is 2.01. The van der Waals surface area contributed by atoms with Gasteiger partial charge in [0.15, 0.2) is 0 Å². The molecule has 0 saturated carbocycles. The zero-order valence-corrected chi connectivity index (χ0v) is 10.6. The van der Waals surface area contributed by atoms with Gasteiger partial charge in [-0.2, -0.15) is 5.10 Å². The summed E-state index contributed by atoms with van der Waals surface area (Å²) >= 11 is 0. The Hall–Kier alpha value is -1.56. The fraction of sp³-hybridized carbons (Fsp3) is 0.667. The van der Waals surface area contributed by atoms with Crippen LogP contribution in [0.2, 0.25) is 0 Å². The van der Waals surface area contributed by atoms with Gasteiger partial charge in [-0.1, -0.05) is 0 Å². The maximum atomic E-state index is 11.2. The van der Waals surface area contributed by atoms with Crippen LogP contribution < -0.4 is 5.32 Å². The first-order valence-electron chi connectivity index (χ1n) is 6.32. The van der Waals surface area contributed by atoms with Crippen LogP contribution in [0.3, 0.4) is 0 Å². The zero-order valence-electron chi connectivity index (χ0n) is 10.6. The molecule has 1 aromatic rings. The summed E-state index contributed by atoms with van der Waals surface area (Å²) in [6, 6.07) is 0. The molecule has 1 amide bonds. The molecule has 1 saturated heterocycles. The summed E-state index contributed by atoms with van der Waals surface area (Å²) < 4.78 is 12.0. The first-order chi connectivity index (χ1) is 8.78. The molecule has 2 rings (SSSR count). The second kappa shape index (κ2) is 6.39. The summed E-state index contributed by atoms with van der Waals surface area (Å²) in [4.78, 5) is 11.2.